The number of hydrogen-bond acceptors (Lipinski definition) is 5. The van der Waals surface area contributed by atoms with E-state index in [1.807, 2.05) is 6.20 Å². The molecule has 1 saturated heterocycles. The molecule has 98 valence electrons. The van der Waals surface area contributed by atoms with Crippen LogP contribution in [0.2, 0.25) is 0 Å². The van der Waals surface area contributed by atoms with E-state index in [1.165, 1.54) is 17.7 Å². The van der Waals surface area contributed by atoms with Crippen LogP contribution in [-0.4, -0.2) is 54.6 Å². The Bertz CT molecular complexity index is 412. The number of likely N-dealkylation sites (N-methyl/N-ethyl adjacent to an activating group) is 1. The van der Waals surface area contributed by atoms with Crippen LogP contribution in [0.15, 0.2) is 6.20 Å². The van der Waals surface area contributed by atoms with Gasteiger partial charge in [0.1, 0.15) is 0 Å². The van der Waals surface area contributed by atoms with Gasteiger partial charge in [0.15, 0.2) is 0 Å². The molecule has 0 aliphatic carbocycles. The highest BCUT2D eigenvalue weighted by atomic mass is 15.3. The van der Waals surface area contributed by atoms with Gasteiger partial charge in [0.25, 0.3) is 0 Å². The molecule has 18 heavy (non-hydrogen) atoms. The first-order valence-corrected chi connectivity index (χ1v) is 6.82. The average molecular weight is 247 g/mol. The molecule has 1 N–H and O–H groups in total. The van der Waals surface area contributed by atoms with Gasteiger partial charge in [-0.1, -0.05) is 0 Å². The maximum Gasteiger partial charge on any atom is 0.225 e. The zero-order chi connectivity index (χ0) is 12.4. The molecule has 3 rings (SSSR count). The van der Waals surface area contributed by atoms with E-state index in [-0.39, 0.29) is 0 Å². The van der Waals surface area contributed by atoms with Crippen molar-refractivity contribution in [3.63, 3.8) is 0 Å². The molecule has 0 spiro atoms. The Hall–Kier alpha value is -1.20. The van der Waals surface area contributed by atoms with E-state index in [1.54, 1.807) is 0 Å². The molecular formula is C13H21N5. The highest BCUT2D eigenvalue weighted by molar-refractivity contribution is 5.34. The van der Waals surface area contributed by atoms with Crippen molar-refractivity contribution < 1.29 is 0 Å². The third-order valence-electron chi connectivity index (χ3n) is 3.73. The quantitative estimate of drug-likeness (QED) is 0.771. The van der Waals surface area contributed by atoms with E-state index >= 15 is 0 Å². The highest BCUT2D eigenvalue weighted by Crippen LogP contribution is 2.18. The fourth-order valence-corrected chi connectivity index (χ4v) is 2.64. The van der Waals surface area contributed by atoms with Crippen molar-refractivity contribution in [2.45, 2.75) is 19.4 Å². The minimum Gasteiger partial charge on any atom is -0.339 e. The largest absolute Gasteiger partial charge is 0.339 e. The molecule has 0 unspecified atom stereocenters. The predicted molar refractivity (Wildman–Crippen MR) is 71.8 cm³/mol. The van der Waals surface area contributed by atoms with E-state index in [4.69, 9.17) is 4.98 Å². The van der Waals surface area contributed by atoms with Crippen LogP contribution < -0.4 is 10.2 Å². The van der Waals surface area contributed by atoms with Gasteiger partial charge in [0.2, 0.25) is 5.95 Å². The number of fused-ring (bicyclic) bond motifs is 1. The molecule has 0 atom stereocenters. The Morgan fingerprint density at radius 1 is 1.22 bits per heavy atom. The van der Waals surface area contributed by atoms with Gasteiger partial charge >= 0.3 is 0 Å². The summed E-state index contributed by atoms with van der Waals surface area (Å²) in [6.45, 7) is 6.29. The molecule has 5 nitrogen and oxygen atoms in total. The summed E-state index contributed by atoms with van der Waals surface area (Å²) in [5, 5.41) is 3.41. The predicted octanol–water partition coefficient (Wildman–Crippen LogP) is 0.264. The topological polar surface area (TPSA) is 44.3 Å². The SMILES string of the molecule is CN1CCc2nc(N3CCCNCC3)ncc2C1. The van der Waals surface area contributed by atoms with Crippen LogP contribution >= 0.6 is 0 Å². The van der Waals surface area contributed by atoms with Gasteiger partial charge in [-0.3, -0.25) is 0 Å². The lowest BCUT2D eigenvalue weighted by molar-refractivity contribution is 0.309. The molecule has 0 bridgehead atoms. The summed E-state index contributed by atoms with van der Waals surface area (Å²) in [7, 11) is 2.15. The fourth-order valence-electron chi connectivity index (χ4n) is 2.64. The number of nitrogens with one attached hydrogen (secondary N) is 1. The summed E-state index contributed by atoms with van der Waals surface area (Å²) in [6, 6.07) is 0. The highest BCUT2D eigenvalue weighted by Gasteiger charge is 2.18. The minimum atomic E-state index is 0.919. The number of aromatic nitrogens is 2. The van der Waals surface area contributed by atoms with E-state index in [0.717, 1.165) is 51.6 Å². The second kappa shape index (κ2) is 5.20. The summed E-state index contributed by atoms with van der Waals surface area (Å²) in [5.41, 5.74) is 2.54. The fraction of sp³-hybridized carbons (Fsp3) is 0.692. The molecule has 0 amide bonds. The molecule has 0 radical (unpaired) electrons. The zero-order valence-corrected chi connectivity index (χ0v) is 11.0. The molecule has 1 aromatic heterocycles. The molecule has 1 fully saturated rings. The van der Waals surface area contributed by atoms with Crippen molar-refractivity contribution in [3.05, 3.63) is 17.5 Å². The van der Waals surface area contributed by atoms with Crippen LogP contribution in [-0.2, 0) is 13.0 Å². The summed E-state index contributed by atoms with van der Waals surface area (Å²) < 4.78 is 0. The Kier molecular flexibility index (Phi) is 3.43. The Balaban J connectivity index is 1.80. The lowest BCUT2D eigenvalue weighted by Crippen LogP contribution is -2.32. The van der Waals surface area contributed by atoms with Crippen LogP contribution in [0.5, 0.6) is 0 Å². The summed E-state index contributed by atoms with van der Waals surface area (Å²) in [5.74, 6) is 0.919. The number of nitrogens with zero attached hydrogens (tertiary/aromatic N) is 4. The van der Waals surface area contributed by atoms with Gasteiger partial charge in [-0.05, 0) is 20.0 Å². The Morgan fingerprint density at radius 3 is 3.11 bits per heavy atom. The number of anilines is 1. The van der Waals surface area contributed by atoms with Crippen molar-refractivity contribution in [1.29, 1.82) is 0 Å². The van der Waals surface area contributed by atoms with Crippen LogP contribution in [0, 0.1) is 0 Å². The van der Waals surface area contributed by atoms with Gasteiger partial charge in [-0.15, -0.1) is 0 Å². The normalized spacial score (nSPS) is 21.5. The monoisotopic (exact) mass is 247 g/mol. The lowest BCUT2D eigenvalue weighted by atomic mass is 10.1. The maximum absolute atomic E-state index is 4.77. The lowest BCUT2D eigenvalue weighted by Gasteiger charge is -2.26. The third kappa shape index (κ3) is 2.47. The third-order valence-corrected chi connectivity index (χ3v) is 3.73. The minimum absolute atomic E-state index is 0.919. The van der Waals surface area contributed by atoms with Crippen molar-refractivity contribution in [2.24, 2.45) is 0 Å². The molecule has 0 aromatic carbocycles. The van der Waals surface area contributed by atoms with Crippen molar-refractivity contribution >= 4 is 5.95 Å². The average Bonchev–Trinajstić information content (AvgIpc) is 2.67. The zero-order valence-electron chi connectivity index (χ0n) is 11.0. The Labute approximate surface area is 108 Å². The smallest absolute Gasteiger partial charge is 0.225 e. The van der Waals surface area contributed by atoms with Crippen LogP contribution in [0.25, 0.3) is 0 Å². The van der Waals surface area contributed by atoms with Gasteiger partial charge in [0.05, 0.1) is 5.69 Å². The van der Waals surface area contributed by atoms with Gasteiger partial charge in [-0.2, -0.15) is 0 Å². The molecular weight excluding hydrogens is 226 g/mol. The van der Waals surface area contributed by atoms with Gasteiger partial charge < -0.3 is 15.1 Å². The van der Waals surface area contributed by atoms with Crippen molar-refractivity contribution in [1.82, 2.24) is 20.2 Å². The Morgan fingerprint density at radius 2 is 2.17 bits per heavy atom. The first-order valence-electron chi connectivity index (χ1n) is 6.82. The molecule has 0 saturated carbocycles. The van der Waals surface area contributed by atoms with E-state index in [2.05, 4.69) is 27.1 Å². The second-order valence-corrected chi connectivity index (χ2v) is 5.22. The van der Waals surface area contributed by atoms with E-state index < -0.39 is 0 Å². The van der Waals surface area contributed by atoms with E-state index in [9.17, 15) is 0 Å². The summed E-state index contributed by atoms with van der Waals surface area (Å²) in [4.78, 5) is 14.0. The molecule has 5 heteroatoms. The van der Waals surface area contributed by atoms with Crippen molar-refractivity contribution in [3.8, 4) is 0 Å². The van der Waals surface area contributed by atoms with Crippen LogP contribution in [0.3, 0.4) is 0 Å². The molecule has 1 aromatic rings. The van der Waals surface area contributed by atoms with E-state index in [0.29, 0.717) is 0 Å². The molecule has 2 aliphatic rings. The first-order chi connectivity index (χ1) is 8.83. The first kappa shape index (κ1) is 11.9. The van der Waals surface area contributed by atoms with Crippen molar-refractivity contribution in [2.75, 3.05) is 44.7 Å². The molecule has 3 heterocycles. The second-order valence-electron chi connectivity index (χ2n) is 5.22. The van der Waals surface area contributed by atoms with Gasteiger partial charge in [0, 0.05) is 50.9 Å². The number of rotatable bonds is 1. The summed E-state index contributed by atoms with van der Waals surface area (Å²) >= 11 is 0. The van der Waals surface area contributed by atoms with Gasteiger partial charge in [-0.25, -0.2) is 9.97 Å². The maximum atomic E-state index is 4.77. The number of hydrogen-bond donors (Lipinski definition) is 1. The standard InChI is InChI=1S/C13H21N5/c1-17-7-3-12-11(10-17)9-15-13(16-12)18-6-2-4-14-5-8-18/h9,14H,2-8,10H2,1H3. The van der Waals surface area contributed by atoms with Crippen LogP contribution in [0.4, 0.5) is 5.95 Å². The molecule has 2 aliphatic heterocycles. The van der Waals surface area contributed by atoms with Crippen LogP contribution in [0.1, 0.15) is 17.7 Å². The summed E-state index contributed by atoms with van der Waals surface area (Å²) in [6.07, 6.45) is 4.24.